The van der Waals surface area contributed by atoms with Gasteiger partial charge in [-0.15, -0.1) is 10.2 Å². The molecule has 0 bridgehead atoms. The molecule has 6 heteroatoms. The predicted octanol–water partition coefficient (Wildman–Crippen LogP) is 4.77. The van der Waals surface area contributed by atoms with Gasteiger partial charge in [-0.3, -0.25) is 4.79 Å². The number of aromatic hydroxyl groups is 1. The van der Waals surface area contributed by atoms with E-state index in [1.54, 1.807) is 29.8 Å². The second-order valence-electron chi connectivity index (χ2n) is 5.24. The fourth-order valence-electron chi connectivity index (χ4n) is 2.40. The molecule has 23 heavy (non-hydrogen) atoms. The largest absolute Gasteiger partial charge is 0.493 e. The number of rotatable bonds is 2. The molecule has 2 aromatic carbocycles. The molecule has 0 spiro atoms. The molecule has 1 aromatic heterocycles. The summed E-state index contributed by atoms with van der Waals surface area (Å²) in [5.74, 6) is -0.597. The van der Waals surface area contributed by atoms with Crippen LogP contribution in [0.25, 0.3) is 10.9 Å². The summed E-state index contributed by atoms with van der Waals surface area (Å²) in [5, 5.41) is 18.9. The van der Waals surface area contributed by atoms with Crippen LogP contribution < -0.4 is 0 Å². The lowest BCUT2D eigenvalue weighted by atomic mass is 10.1. The summed E-state index contributed by atoms with van der Waals surface area (Å²) in [7, 11) is 1.72. The fourth-order valence-corrected chi connectivity index (χ4v) is 2.72. The number of aromatic nitrogens is 1. The Morgan fingerprint density at radius 2 is 1.96 bits per heavy atom. The Morgan fingerprint density at radius 3 is 2.70 bits per heavy atom. The molecule has 116 valence electrons. The van der Waals surface area contributed by atoms with Gasteiger partial charge in [0.05, 0.1) is 16.1 Å². The van der Waals surface area contributed by atoms with Gasteiger partial charge in [0.15, 0.2) is 5.69 Å². The third-order valence-corrected chi connectivity index (χ3v) is 3.96. The van der Waals surface area contributed by atoms with E-state index in [2.05, 4.69) is 10.2 Å². The second-order valence-corrected chi connectivity index (χ2v) is 5.64. The van der Waals surface area contributed by atoms with Gasteiger partial charge in [-0.2, -0.15) is 0 Å². The van der Waals surface area contributed by atoms with Crippen molar-refractivity contribution < 1.29 is 9.90 Å². The van der Waals surface area contributed by atoms with Crippen LogP contribution in [0.4, 0.5) is 5.69 Å². The molecule has 0 saturated carbocycles. The van der Waals surface area contributed by atoms with Gasteiger partial charge in [0.1, 0.15) is 0 Å². The van der Waals surface area contributed by atoms with Crippen molar-refractivity contribution in [2.45, 2.75) is 6.92 Å². The molecule has 5 nitrogen and oxygen atoms in total. The number of aryl methyl sites for hydroxylation is 2. The van der Waals surface area contributed by atoms with Gasteiger partial charge in [-0.05, 0) is 30.7 Å². The van der Waals surface area contributed by atoms with Gasteiger partial charge in [0, 0.05) is 12.4 Å². The first-order chi connectivity index (χ1) is 11.0. The number of benzene rings is 2. The first-order valence-corrected chi connectivity index (χ1v) is 7.35. The molecule has 0 aliphatic carbocycles. The first kappa shape index (κ1) is 15.2. The van der Waals surface area contributed by atoms with Crippen LogP contribution in [0.1, 0.15) is 15.9 Å². The number of hydrogen-bond acceptors (Lipinski definition) is 3. The zero-order valence-electron chi connectivity index (χ0n) is 12.6. The molecular weight excluding hydrogens is 314 g/mol. The van der Waals surface area contributed by atoms with Crippen molar-refractivity contribution in [2.75, 3.05) is 0 Å². The summed E-state index contributed by atoms with van der Waals surface area (Å²) in [6.07, 6.45) is 0. The van der Waals surface area contributed by atoms with Gasteiger partial charge in [0.2, 0.25) is 5.88 Å². The SMILES string of the molecule is Cc1ccc(C(=O)N=Nc2c(O)n(C)c3ccccc23)c(Cl)c1. The first-order valence-electron chi connectivity index (χ1n) is 6.97. The minimum atomic E-state index is -0.553. The lowest BCUT2D eigenvalue weighted by Crippen LogP contribution is -1.95. The zero-order chi connectivity index (χ0) is 16.6. The van der Waals surface area contributed by atoms with E-state index < -0.39 is 5.91 Å². The summed E-state index contributed by atoms with van der Waals surface area (Å²) in [4.78, 5) is 12.2. The third-order valence-electron chi connectivity index (χ3n) is 3.65. The molecular formula is C17H14ClN3O2. The number of para-hydroxylation sites is 1. The van der Waals surface area contributed by atoms with Gasteiger partial charge in [-0.1, -0.05) is 35.9 Å². The smallest absolute Gasteiger partial charge is 0.296 e. The molecule has 3 aromatic rings. The van der Waals surface area contributed by atoms with Crippen LogP contribution in [0.2, 0.25) is 5.02 Å². The number of hydrogen-bond donors (Lipinski definition) is 1. The van der Waals surface area contributed by atoms with E-state index in [1.807, 2.05) is 31.2 Å². The van der Waals surface area contributed by atoms with Gasteiger partial charge in [0.25, 0.3) is 5.91 Å². The highest BCUT2D eigenvalue weighted by Crippen LogP contribution is 2.37. The van der Waals surface area contributed by atoms with Crippen molar-refractivity contribution in [3.63, 3.8) is 0 Å². The molecule has 1 amide bonds. The quantitative estimate of drug-likeness (QED) is 0.689. The van der Waals surface area contributed by atoms with Gasteiger partial charge < -0.3 is 9.67 Å². The standard InChI is InChI=1S/C17H14ClN3O2/c1-10-7-8-11(13(18)9-10)16(22)20-19-15-12-5-3-4-6-14(12)21(2)17(15)23/h3-9,23H,1-2H3. The highest BCUT2D eigenvalue weighted by molar-refractivity contribution is 6.33. The number of halogens is 1. The van der Waals surface area contributed by atoms with E-state index in [9.17, 15) is 9.90 Å². The molecule has 0 radical (unpaired) electrons. The maximum Gasteiger partial charge on any atom is 0.296 e. The van der Waals surface area contributed by atoms with Crippen molar-refractivity contribution in [1.82, 2.24) is 4.57 Å². The Balaban J connectivity index is 2.00. The van der Waals surface area contributed by atoms with Crippen LogP contribution in [0.3, 0.4) is 0 Å². The van der Waals surface area contributed by atoms with Crippen molar-refractivity contribution in [2.24, 2.45) is 17.3 Å². The van der Waals surface area contributed by atoms with Crippen LogP contribution in [-0.2, 0) is 7.05 Å². The van der Waals surface area contributed by atoms with Crippen LogP contribution in [-0.4, -0.2) is 15.6 Å². The van der Waals surface area contributed by atoms with Gasteiger partial charge in [-0.25, -0.2) is 0 Å². The number of nitrogens with zero attached hydrogens (tertiary/aromatic N) is 3. The fraction of sp³-hybridized carbons (Fsp3) is 0.118. The lowest BCUT2D eigenvalue weighted by molar-refractivity contribution is 0.0995. The van der Waals surface area contributed by atoms with E-state index in [4.69, 9.17) is 11.6 Å². The minimum absolute atomic E-state index is 0.0437. The summed E-state index contributed by atoms with van der Waals surface area (Å²) in [5.41, 5.74) is 2.30. The summed E-state index contributed by atoms with van der Waals surface area (Å²) >= 11 is 6.06. The number of fused-ring (bicyclic) bond motifs is 1. The molecule has 1 heterocycles. The van der Waals surface area contributed by atoms with Crippen LogP contribution in [0, 0.1) is 6.92 Å². The average Bonchev–Trinajstić information content (AvgIpc) is 2.77. The Morgan fingerprint density at radius 1 is 1.22 bits per heavy atom. The Kier molecular flexibility index (Phi) is 3.88. The summed E-state index contributed by atoms with van der Waals surface area (Å²) in [6, 6.07) is 12.4. The lowest BCUT2D eigenvalue weighted by Gasteiger charge is -2.00. The molecule has 0 aliphatic heterocycles. The van der Waals surface area contributed by atoms with E-state index in [1.165, 1.54) is 0 Å². The third kappa shape index (κ3) is 2.71. The summed E-state index contributed by atoms with van der Waals surface area (Å²) < 4.78 is 1.59. The van der Waals surface area contributed by atoms with E-state index in [0.717, 1.165) is 16.5 Å². The average molecular weight is 328 g/mol. The van der Waals surface area contributed by atoms with Crippen molar-refractivity contribution in [3.05, 3.63) is 58.6 Å². The van der Waals surface area contributed by atoms with Crippen molar-refractivity contribution in [1.29, 1.82) is 0 Å². The van der Waals surface area contributed by atoms with E-state index in [0.29, 0.717) is 5.02 Å². The maximum absolute atomic E-state index is 12.2. The number of azo groups is 1. The Bertz CT molecular complexity index is 944. The van der Waals surface area contributed by atoms with Crippen LogP contribution in [0.5, 0.6) is 5.88 Å². The molecule has 0 saturated heterocycles. The van der Waals surface area contributed by atoms with Crippen molar-refractivity contribution in [3.8, 4) is 5.88 Å². The highest BCUT2D eigenvalue weighted by Gasteiger charge is 2.15. The maximum atomic E-state index is 12.2. The molecule has 0 atom stereocenters. The van der Waals surface area contributed by atoms with E-state index >= 15 is 0 Å². The molecule has 3 rings (SSSR count). The Labute approximate surface area is 137 Å². The van der Waals surface area contributed by atoms with Gasteiger partial charge >= 0.3 is 0 Å². The zero-order valence-corrected chi connectivity index (χ0v) is 13.4. The van der Waals surface area contributed by atoms with Crippen LogP contribution >= 0.6 is 11.6 Å². The number of carbonyl (C=O) groups excluding carboxylic acids is 1. The highest BCUT2D eigenvalue weighted by atomic mass is 35.5. The predicted molar refractivity (Wildman–Crippen MR) is 89.6 cm³/mol. The topological polar surface area (TPSA) is 66.9 Å². The van der Waals surface area contributed by atoms with Crippen LogP contribution in [0.15, 0.2) is 52.7 Å². The summed E-state index contributed by atoms with van der Waals surface area (Å²) in [6.45, 7) is 1.88. The monoisotopic (exact) mass is 327 g/mol. The van der Waals surface area contributed by atoms with Crippen molar-refractivity contribution >= 4 is 34.1 Å². The minimum Gasteiger partial charge on any atom is -0.493 e. The van der Waals surface area contributed by atoms with E-state index in [-0.39, 0.29) is 17.1 Å². The molecule has 0 fully saturated rings. The molecule has 0 unspecified atom stereocenters. The molecule has 1 N–H and O–H groups in total. The normalized spacial score (nSPS) is 11.4. The second kappa shape index (κ2) is 5.85. The molecule has 0 aliphatic rings. The number of carbonyl (C=O) groups is 1. The number of amides is 1. The Hall–Kier alpha value is -2.66.